The van der Waals surface area contributed by atoms with Gasteiger partial charge in [0.05, 0.1) is 6.61 Å². The van der Waals surface area contributed by atoms with E-state index >= 15 is 0 Å². The van der Waals surface area contributed by atoms with Crippen LogP contribution in [0.3, 0.4) is 0 Å². The van der Waals surface area contributed by atoms with Crippen LogP contribution in [0.2, 0.25) is 0 Å². The van der Waals surface area contributed by atoms with E-state index in [2.05, 4.69) is 11.9 Å². The lowest BCUT2D eigenvalue weighted by Gasteiger charge is -2.37. The quantitative estimate of drug-likeness (QED) is 0.866. The molecular weight excluding hydrogens is 278 g/mol. The Morgan fingerprint density at radius 1 is 1.27 bits per heavy atom. The highest BCUT2D eigenvalue weighted by atomic mass is 16.5. The molecule has 0 saturated carbocycles. The molecule has 4 atom stereocenters. The Labute approximate surface area is 132 Å². The Bertz CT molecular complexity index is 518. The fraction of sp³-hybridized carbons (Fsp3) is 0.611. The number of benzene rings is 1. The van der Waals surface area contributed by atoms with Crippen molar-refractivity contribution in [2.24, 2.45) is 0 Å². The van der Waals surface area contributed by atoms with Gasteiger partial charge in [0.1, 0.15) is 11.5 Å². The van der Waals surface area contributed by atoms with Crippen molar-refractivity contribution in [1.29, 1.82) is 0 Å². The molecule has 1 aromatic carbocycles. The summed E-state index contributed by atoms with van der Waals surface area (Å²) >= 11 is 0. The largest absolute Gasteiger partial charge is 0.462 e. The van der Waals surface area contributed by atoms with Crippen LogP contribution in [0.1, 0.15) is 38.2 Å². The molecule has 2 heterocycles. The number of piperidine rings is 1. The summed E-state index contributed by atoms with van der Waals surface area (Å²) in [6.07, 6.45) is 4.20. The van der Waals surface area contributed by atoms with Crippen molar-refractivity contribution < 1.29 is 14.6 Å². The number of hydrogen-bond donors (Lipinski definition) is 1. The highest BCUT2D eigenvalue weighted by Gasteiger charge is 2.43. The second kappa shape index (κ2) is 6.01. The first-order valence-corrected chi connectivity index (χ1v) is 8.14. The molecular formula is C18H25NO3. The summed E-state index contributed by atoms with van der Waals surface area (Å²) in [5.74, 6) is -0.310. The average Bonchev–Trinajstić information content (AvgIpc) is 2.76. The molecule has 0 aliphatic carbocycles. The normalized spacial score (nSPS) is 30.8. The number of carbonyl (C=O) groups excluding carboxylic acids is 1. The summed E-state index contributed by atoms with van der Waals surface area (Å²) in [7, 11) is 2.17. The molecule has 0 amide bonds. The monoisotopic (exact) mass is 303 g/mol. The van der Waals surface area contributed by atoms with E-state index < -0.39 is 5.41 Å². The minimum atomic E-state index is -0.982. The number of aliphatic hydroxyl groups is 1. The molecule has 2 fully saturated rings. The maximum Gasteiger partial charge on any atom is 0.318 e. The zero-order valence-corrected chi connectivity index (χ0v) is 13.4. The molecule has 0 radical (unpaired) electrons. The Morgan fingerprint density at radius 3 is 2.41 bits per heavy atom. The second-order valence-corrected chi connectivity index (χ2v) is 6.91. The van der Waals surface area contributed by atoms with Crippen molar-refractivity contribution in [2.45, 2.75) is 56.2 Å². The van der Waals surface area contributed by atoms with Gasteiger partial charge in [-0.1, -0.05) is 30.3 Å². The van der Waals surface area contributed by atoms with Crippen LogP contribution in [0, 0.1) is 0 Å². The van der Waals surface area contributed by atoms with Gasteiger partial charge < -0.3 is 14.7 Å². The molecule has 2 bridgehead atoms. The van der Waals surface area contributed by atoms with Crippen LogP contribution in [0.15, 0.2) is 30.3 Å². The van der Waals surface area contributed by atoms with Gasteiger partial charge in [0, 0.05) is 12.1 Å². The second-order valence-electron chi connectivity index (χ2n) is 6.91. The van der Waals surface area contributed by atoms with E-state index in [0.717, 1.165) is 18.4 Å². The van der Waals surface area contributed by atoms with Gasteiger partial charge in [-0.2, -0.15) is 0 Å². The standard InChI is InChI=1S/C18H25NO3/c1-18(12-20,13-6-4-3-5-7-13)17(21)22-16-10-14-8-9-15(11-16)19(14)2/h3-7,14-16,20H,8-12H2,1-2H3/t14-,15+,16+,18-/m1/s1. The van der Waals surface area contributed by atoms with E-state index in [9.17, 15) is 9.90 Å². The van der Waals surface area contributed by atoms with Gasteiger partial charge in [0.15, 0.2) is 0 Å². The molecule has 22 heavy (non-hydrogen) atoms. The molecule has 3 rings (SSSR count). The lowest BCUT2D eigenvalue weighted by atomic mass is 9.83. The average molecular weight is 303 g/mol. The summed E-state index contributed by atoms with van der Waals surface area (Å²) in [6.45, 7) is 1.52. The van der Waals surface area contributed by atoms with Crippen LogP contribution in [0.25, 0.3) is 0 Å². The van der Waals surface area contributed by atoms with E-state index in [1.165, 1.54) is 12.8 Å². The first-order chi connectivity index (χ1) is 10.5. The fourth-order valence-electron chi connectivity index (χ4n) is 3.82. The molecule has 0 spiro atoms. The van der Waals surface area contributed by atoms with Crippen LogP contribution < -0.4 is 0 Å². The lowest BCUT2D eigenvalue weighted by Crippen LogP contribution is -2.46. The summed E-state index contributed by atoms with van der Waals surface area (Å²) in [4.78, 5) is 15.1. The third-order valence-electron chi connectivity index (χ3n) is 5.51. The Hall–Kier alpha value is -1.39. The van der Waals surface area contributed by atoms with Crippen molar-refractivity contribution in [3.63, 3.8) is 0 Å². The van der Waals surface area contributed by atoms with Crippen molar-refractivity contribution in [3.8, 4) is 0 Å². The Kier molecular flexibility index (Phi) is 4.24. The molecule has 0 aromatic heterocycles. The van der Waals surface area contributed by atoms with Crippen LogP contribution in [-0.2, 0) is 14.9 Å². The zero-order chi connectivity index (χ0) is 15.7. The smallest absolute Gasteiger partial charge is 0.318 e. The lowest BCUT2D eigenvalue weighted by molar-refractivity contribution is -0.160. The molecule has 0 unspecified atom stereocenters. The van der Waals surface area contributed by atoms with Crippen LogP contribution in [-0.4, -0.2) is 47.8 Å². The molecule has 1 aromatic rings. The minimum absolute atomic E-state index is 0.0178. The van der Waals surface area contributed by atoms with Gasteiger partial charge in [-0.3, -0.25) is 4.79 Å². The number of rotatable bonds is 4. The number of ether oxygens (including phenoxy) is 1. The van der Waals surface area contributed by atoms with E-state index in [0.29, 0.717) is 12.1 Å². The maximum absolute atomic E-state index is 12.7. The predicted molar refractivity (Wildman–Crippen MR) is 84.6 cm³/mol. The Balaban J connectivity index is 1.71. The van der Waals surface area contributed by atoms with E-state index in [-0.39, 0.29) is 18.7 Å². The van der Waals surface area contributed by atoms with Crippen molar-refractivity contribution >= 4 is 5.97 Å². The molecule has 4 nitrogen and oxygen atoms in total. The van der Waals surface area contributed by atoms with E-state index in [1.54, 1.807) is 6.92 Å². The molecule has 1 N–H and O–H groups in total. The summed E-state index contributed by atoms with van der Waals surface area (Å²) in [5.41, 5.74) is -0.178. The van der Waals surface area contributed by atoms with Gasteiger partial charge in [0.2, 0.25) is 0 Å². The van der Waals surface area contributed by atoms with Crippen LogP contribution >= 0.6 is 0 Å². The third kappa shape index (κ3) is 2.66. The maximum atomic E-state index is 12.7. The van der Waals surface area contributed by atoms with Gasteiger partial charge >= 0.3 is 5.97 Å². The van der Waals surface area contributed by atoms with Crippen LogP contribution in [0.5, 0.6) is 0 Å². The highest BCUT2D eigenvalue weighted by molar-refractivity contribution is 5.83. The molecule has 2 aliphatic rings. The summed E-state index contributed by atoms with van der Waals surface area (Å²) in [5, 5.41) is 9.79. The highest BCUT2D eigenvalue weighted by Crippen LogP contribution is 2.36. The molecule has 4 heteroatoms. The first kappa shape index (κ1) is 15.5. The van der Waals surface area contributed by atoms with Gasteiger partial charge in [-0.05, 0) is 45.2 Å². The topological polar surface area (TPSA) is 49.8 Å². The minimum Gasteiger partial charge on any atom is -0.462 e. The SMILES string of the molecule is CN1[C@@H]2CC[C@H]1C[C@@H](OC(=O)[C@](C)(CO)c1ccccc1)C2. The molecule has 120 valence electrons. The van der Waals surface area contributed by atoms with Gasteiger partial charge in [0.25, 0.3) is 0 Å². The number of hydrogen-bond acceptors (Lipinski definition) is 4. The molecule has 2 saturated heterocycles. The summed E-state index contributed by atoms with van der Waals surface area (Å²) < 4.78 is 5.81. The van der Waals surface area contributed by atoms with Crippen molar-refractivity contribution in [1.82, 2.24) is 4.90 Å². The first-order valence-electron chi connectivity index (χ1n) is 8.14. The molecule has 2 aliphatic heterocycles. The fourth-order valence-corrected chi connectivity index (χ4v) is 3.82. The number of esters is 1. The zero-order valence-electron chi connectivity index (χ0n) is 13.4. The number of carbonyl (C=O) groups is 1. The van der Waals surface area contributed by atoms with E-state index in [1.807, 2.05) is 30.3 Å². The summed E-state index contributed by atoms with van der Waals surface area (Å²) in [6, 6.07) is 10.5. The number of aliphatic hydroxyl groups excluding tert-OH is 1. The van der Waals surface area contributed by atoms with Crippen LogP contribution in [0.4, 0.5) is 0 Å². The Morgan fingerprint density at radius 2 is 1.86 bits per heavy atom. The van der Waals surface area contributed by atoms with E-state index in [4.69, 9.17) is 4.74 Å². The van der Waals surface area contributed by atoms with Gasteiger partial charge in [-0.15, -0.1) is 0 Å². The van der Waals surface area contributed by atoms with Crippen molar-refractivity contribution in [2.75, 3.05) is 13.7 Å². The number of fused-ring (bicyclic) bond motifs is 2. The third-order valence-corrected chi connectivity index (χ3v) is 5.51. The van der Waals surface area contributed by atoms with Crippen molar-refractivity contribution in [3.05, 3.63) is 35.9 Å². The number of nitrogens with zero attached hydrogens (tertiary/aromatic N) is 1. The predicted octanol–water partition coefficient (Wildman–Crippen LogP) is 2.10. The van der Waals surface area contributed by atoms with Gasteiger partial charge in [-0.25, -0.2) is 0 Å².